The van der Waals surface area contributed by atoms with Crippen molar-refractivity contribution in [1.29, 1.82) is 0 Å². The third-order valence-electron chi connectivity index (χ3n) is 3.99. The highest BCUT2D eigenvalue weighted by atomic mass is 16.5. The van der Waals surface area contributed by atoms with E-state index in [2.05, 4.69) is 55.3 Å². The van der Waals surface area contributed by atoms with Crippen molar-refractivity contribution in [3.05, 3.63) is 35.4 Å². The summed E-state index contributed by atoms with van der Waals surface area (Å²) in [7, 11) is 2.00. The largest absolute Gasteiger partial charge is 0.378 e. The van der Waals surface area contributed by atoms with Gasteiger partial charge in [0.25, 0.3) is 0 Å². The zero-order valence-corrected chi connectivity index (χ0v) is 13.3. The topological polar surface area (TPSA) is 24.5 Å². The van der Waals surface area contributed by atoms with Gasteiger partial charge < -0.3 is 10.1 Å². The van der Waals surface area contributed by atoms with Crippen LogP contribution in [0.25, 0.3) is 0 Å². The lowest BCUT2D eigenvalue weighted by Gasteiger charge is -2.35. The number of hydrogen-bond acceptors (Lipinski definition) is 3. The van der Waals surface area contributed by atoms with Gasteiger partial charge in [-0.3, -0.25) is 4.90 Å². The van der Waals surface area contributed by atoms with Crippen LogP contribution in [0.15, 0.2) is 24.3 Å². The molecule has 1 aliphatic rings. The standard InChI is InChI=1S/C17H28N2O/c1-17(2,3)15-7-5-14(6-8-15)12-19-9-10-20-13-16(19)11-18-4/h5-8,16,18H,9-13H2,1-4H3. The van der Waals surface area contributed by atoms with Gasteiger partial charge in [0.15, 0.2) is 0 Å². The quantitative estimate of drug-likeness (QED) is 0.914. The van der Waals surface area contributed by atoms with Gasteiger partial charge in [-0.2, -0.15) is 0 Å². The summed E-state index contributed by atoms with van der Waals surface area (Å²) in [6.07, 6.45) is 0. The van der Waals surface area contributed by atoms with E-state index in [9.17, 15) is 0 Å². The van der Waals surface area contributed by atoms with E-state index in [1.54, 1.807) is 0 Å². The summed E-state index contributed by atoms with van der Waals surface area (Å²) < 4.78 is 5.58. The summed E-state index contributed by atoms with van der Waals surface area (Å²) in [5, 5.41) is 3.26. The first-order chi connectivity index (χ1) is 9.50. The Morgan fingerprint density at radius 1 is 1.25 bits per heavy atom. The molecule has 0 bridgehead atoms. The second kappa shape index (κ2) is 6.70. The summed E-state index contributed by atoms with van der Waals surface area (Å²) in [5.41, 5.74) is 3.02. The van der Waals surface area contributed by atoms with E-state index >= 15 is 0 Å². The number of likely N-dealkylation sites (N-methyl/N-ethyl adjacent to an activating group) is 1. The van der Waals surface area contributed by atoms with Crippen LogP contribution < -0.4 is 5.32 Å². The molecule has 0 radical (unpaired) electrons. The van der Waals surface area contributed by atoms with Gasteiger partial charge in [0.05, 0.1) is 13.2 Å². The van der Waals surface area contributed by atoms with Crippen LogP contribution in [0.5, 0.6) is 0 Å². The van der Waals surface area contributed by atoms with Gasteiger partial charge in [-0.1, -0.05) is 45.0 Å². The van der Waals surface area contributed by atoms with Gasteiger partial charge in [-0.15, -0.1) is 0 Å². The van der Waals surface area contributed by atoms with Crippen LogP contribution in [-0.2, 0) is 16.7 Å². The van der Waals surface area contributed by atoms with Crippen LogP contribution in [0.4, 0.5) is 0 Å². The van der Waals surface area contributed by atoms with Crippen LogP contribution >= 0.6 is 0 Å². The monoisotopic (exact) mass is 276 g/mol. The zero-order chi connectivity index (χ0) is 14.6. The van der Waals surface area contributed by atoms with E-state index in [1.807, 2.05) is 7.05 Å². The highest BCUT2D eigenvalue weighted by molar-refractivity contribution is 5.27. The molecule has 3 nitrogen and oxygen atoms in total. The van der Waals surface area contributed by atoms with Gasteiger partial charge in [0.2, 0.25) is 0 Å². The molecule has 1 aliphatic heterocycles. The fraction of sp³-hybridized carbons (Fsp3) is 0.647. The zero-order valence-electron chi connectivity index (χ0n) is 13.3. The number of hydrogen-bond donors (Lipinski definition) is 1. The molecule has 0 amide bonds. The second-order valence-corrected chi connectivity index (χ2v) is 6.70. The van der Waals surface area contributed by atoms with Crippen molar-refractivity contribution in [2.45, 2.75) is 38.8 Å². The van der Waals surface area contributed by atoms with E-state index in [1.165, 1.54) is 11.1 Å². The Bertz CT molecular complexity index is 406. The fourth-order valence-corrected chi connectivity index (χ4v) is 2.67. The highest BCUT2D eigenvalue weighted by Gasteiger charge is 2.22. The van der Waals surface area contributed by atoms with Crippen LogP contribution in [0.1, 0.15) is 31.9 Å². The highest BCUT2D eigenvalue weighted by Crippen LogP contribution is 2.23. The minimum Gasteiger partial charge on any atom is -0.378 e. The molecule has 0 aliphatic carbocycles. The number of rotatable bonds is 4. The Morgan fingerprint density at radius 3 is 2.55 bits per heavy atom. The Hall–Kier alpha value is -0.900. The fourth-order valence-electron chi connectivity index (χ4n) is 2.67. The summed E-state index contributed by atoms with van der Waals surface area (Å²) in [6, 6.07) is 9.56. The van der Waals surface area contributed by atoms with Crippen molar-refractivity contribution in [3.63, 3.8) is 0 Å². The molecule has 0 aromatic heterocycles. The number of ether oxygens (including phenoxy) is 1. The molecule has 1 N–H and O–H groups in total. The van der Waals surface area contributed by atoms with Gasteiger partial charge in [0.1, 0.15) is 0 Å². The van der Waals surface area contributed by atoms with E-state index in [-0.39, 0.29) is 5.41 Å². The van der Waals surface area contributed by atoms with Crippen LogP contribution in [0, 0.1) is 0 Å². The van der Waals surface area contributed by atoms with Crippen molar-refractivity contribution >= 4 is 0 Å². The number of morpholine rings is 1. The average molecular weight is 276 g/mol. The number of nitrogens with zero attached hydrogens (tertiary/aromatic N) is 1. The molecule has 1 atom stereocenters. The van der Waals surface area contributed by atoms with Gasteiger partial charge >= 0.3 is 0 Å². The number of nitrogens with one attached hydrogen (secondary N) is 1. The molecule has 2 rings (SSSR count). The molecular formula is C17H28N2O. The molecule has 1 saturated heterocycles. The molecule has 3 heteroatoms. The molecule has 20 heavy (non-hydrogen) atoms. The molecule has 1 heterocycles. The number of benzene rings is 1. The smallest absolute Gasteiger partial charge is 0.0635 e. The van der Waals surface area contributed by atoms with Gasteiger partial charge in [0, 0.05) is 25.7 Å². The second-order valence-electron chi connectivity index (χ2n) is 6.70. The van der Waals surface area contributed by atoms with Crippen molar-refractivity contribution in [1.82, 2.24) is 10.2 Å². The lowest BCUT2D eigenvalue weighted by Crippen LogP contribution is -2.49. The summed E-state index contributed by atoms with van der Waals surface area (Å²) >= 11 is 0. The Balaban J connectivity index is 2.01. The average Bonchev–Trinajstić information content (AvgIpc) is 2.41. The molecule has 0 saturated carbocycles. The minimum atomic E-state index is 0.228. The first-order valence-corrected chi connectivity index (χ1v) is 7.56. The Morgan fingerprint density at radius 2 is 1.95 bits per heavy atom. The van der Waals surface area contributed by atoms with Gasteiger partial charge in [-0.05, 0) is 23.6 Å². The van der Waals surface area contributed by atoms with E-state index < -0.39 is 0 Å². The third-order valence-corrected chi connectivity index (χ3v) is 3.99. The maximum Gasteiger partial charge on any atom is 0.0635 e. The summed E-state index contributed by atoms with van der Waals surface area (Å²) in [5.74, 6) is 0. The molecule has 0 spiro atoms. The minimum absolute atomic E-state index is 0.228. The lowest BCUT2D eigenvalue weighted by atomic mass is 9.86. The molecular weight excluding hydrogens is 248 g/mol. The van der Waals surface area contributed by atoms with E-state index in [4.69, 9.17) is 4.74 Å². The van der Waals surface area contributed by atoms with Gasteiger partial charge in [-0.25, -0.2) is 0 Å². The third kappa shape index (κ3) is 4.05. The van der Waals surface area contributed by atoms with Crippen molar-refractivity contribution in [3.8, 4) is 0 Å². The van der Waals surface area contributed by atoms with Crippen molar-refractivity contribution in [2.24, 2.45) is 0 Å². The van der Waals surface area contributed by atoms with Crippen LogP contribution in [0.2, 0.25) is 0 Å². The molecule has 1 fully saturated rings. The first kappa shape index (κ1) is 15.5. The Kier molecular flexibility index (Phi) is 5.19. The predicted molar refractivity (Wildman–Crippen MR) is 84.1 cm³/mol. The molecule has 1 aromatic carbocycles. The van der Waals surface area contributed by atoms with Crippen molar-refractivity contribution in [2.75, 3.05) is 33.4 Å². The van der Waals surface area contributed by atoms with Crippen molar-refractivity contribution < 1.29 is 4.74 Å². The maximum absolute atomic E-state index is 5.58. The summed E-state index contributed by atoms with van der Waals surface area (Å²) in [4.78, 5) is 2.52. The maximum atomic E-state index is 5.58. The summed E-state index contributed by atoms with van der Waals surface area (Å²) in [6.45, 7) is 11.5. The first-order valence-electron chi connectivity index (χ1n) is 7.56. The normalized spacial score (nSPS) is 21.1. The Labute approximate surface area is 123 Å². The van der Waals surface area contributed by atoms with Crippen LogP contribution in [-0.4, -0.2) is 44.3 Å². The van der Waals surface area contributed by atoms with E-state index in [0.717, 1.165) is 32.8 Å². The molecule has 1 aromatic rings. The molecule has 1 unspecified atom stereocenters. The predicted octanol–water partition coefficient (Wildman–Crippen LogP) is 2.40. The lowest BCUT2D eigenvalue weighted by molar-refractivity contribution is -0.0103. The van der Waals surface area contributed by atoms with Crippen LogP contribution in [0.3, 0.4) is 0 Å². The van der Waals surface area contributed by atoms with E-state index in [0.29, 0.717) is 6.04 Å². The molecule has 112 valence electrons. The SMILES string of the molecule is CNCC1COCCN1Cc1ccc(C(C)(C)C)cc1.